The molecule has 2 saturated heterocycles. The monoisotopic (exact) mass is 522 g/mol. The first-order valence-corrected chi connectivity index (χ1v) is 15.0. The Kier molecular flexibility index (Phi) is 7.27. The van der Waals surface area contributed by atoms with Crippen LogP contribution in [0, 0.1) is 17.8 Å². The summed E-state index contributed by atoms with van der Waals surface area (Å²) in [4.78, 5) is 13.2. The molecule has 8 nitrogen and oxygen atoms in total. The Bertz CT molecular complexity index is 819. The van der Waals surface area contributed by atoms with Crippen LogP contribution in [0.25, 0.3) is 0 Å². The largest absolute Gasteiger partial charge is 0.509 e. The van der Waals surface area contributed by atoms with Gasteiger partial charge in [0, 0.05) is 25.7 Å². The lowest BCUT2D eigenvalue weighted by Crippen LogP contribution is -2.62. The molecule has 4 saturated carbocycles. The van der Waals surface area contributed by atoms with Crippen molar-refractivity contribution in [1.29, 1.82) is 0 Å². The maximum atomic E-state index is 13.2. The van der Waals surface area contributed by atoms with Crippen LogP contribution in [0.1, 0.15) is 104 Å². The molecule has 2 spiro atoms. The highest BCUT2D eigenvalue weighted by molar-refractivity contribution is 5.60. The molecule has 9 atom stereocenters. The summed E-state index contributed by atoms with van der Waals surface area (Å²) < 4.78 is 38.2. The Morgan fingerprint density at radius 1 is 0.784 bits per heavy atom. The summed E-state index contributed by atoms with van der Waals surface area (Å²) in [5.41, 5.74) is 0. The van der Waals surface area contributed by atoms with Crippen LogP contribution in [-0.2, 0) is 28.4 Å². The highest BCUT2D eigenvalue weighted by Gasteiger charge is 2.67. The Morgan fingerprint density at radius 3 is 1.92 bits per heavy atom. The summed E-state index contributed by atoms with van der Waals surface area (Å²) in [6.45, 7) is 6.58. The molecule has 0 radical (unpaired) electrons. The van der Waals surface area contributed by atoms with Crippen LogP contribution in [0.15, 0.2) is 0 Å². The molecule has 0 amide bonds. The molecule has 6 rings (SSSR count). The average Bonchev–Trinajstić information content (AvgIpc) is 3.41. The predicted molar refractivity (Wildman–Crippen MR) is 134 cm³/mol. The van der Waals surface area contributed by atoms with Gasteiger partial charge < -0.3 is 33.5 Å². The number of hydrogen-bond acceptors (Lipinski definition) is 8. The fourth-order valence-electron chi connectivity index (χ4n) is 8.02. The van der Waals surface area contributed by atoms with E-state index >= 15 is 0 Å². The van der Waals surface area contributed by atoms with Crippen LogP contribution in [-0.4, -0.2) is 65.6 Å². The van der Waals surface area contributed by atoms with Crippen molar-refractivity contribution in [2.45, 2.75) is 159 Å². The quantitative estimate of drug-likeness (QED) is 0.504. The van der Waals surface area contributed by atoms with Gasteiger partial charge in [-0.3, -0.25) is 0 Å². The SMILES string of the molecule is CC(C)[C@@H]1CC[C@@H](C)C[C@@H]1OC(=O)O[C@@H]1[C@H](O)[C@@H]2OC3(CCCCC3)O[C@H]2[C@@H]2OC3(CCCCC3)O[C@@H]21. The molecular formula is C29H46O8. The van der Waals surface area contributed by atoms with Gasteiger partial charge in [-0.25, -0.2) is 4.79 Å². The minimum absolute atomic E-state index is 0.178. The summed E-state index contributed by atoms with van der Waals surface area (Å²) in [7, 11) is 0. The van der Waals surface area contributed by atoms with Gasteiger partial charge in [0.1, 0.15) is 36.6 Å². The molecule has 0 unspecified atom stereocenters. The molecule has 2 heterocycles. The minimum atomic E-state index is -1.08. The van der Waals surface area contributed by atoms with Gasteiger partial charge in [-0.15, -0.1) is 0 Å². The molecule has 1 N–H and O–H groups in total. The Labute approximate surface area is 221 Å². The minimum Gasteiger partial charge on any atom is -0.431 e. The second kappa shape index (κ2) is 10.2. The van der Waals surface area contributed by atoms with E-state index in [9.17, 15) is 9.90 Å². The van der Waals surface area contributed by atoms with Crippen molar-refractivity contribution in [3.63, 3.8) is 0 Å². The van der Waals surface area contributed by atoms with Crippen molar-refractivity contribution < 1.29 is 38.3 Å². The van der Waals surface area contributed by atoms with Gasteiger partial charge >= 0.3 is 6.16 Å². The van der Waals surface area contributed by atoms with Crippen LogP contribution < -0.4 is 0 Å². The molecule has 0 bridgehead atoms. The first kappa shape index (κ1) is 26.3. The number of carbonyl (C=O) groups is 1. The molecule has 4 aliphatic carbocycles. The van der Waals surface area contributed by atoms with Gasteiger partial charge in [-0.05, 0) is 56.3 Å². The van der Waals surface area contributed by atoms with Gasteiger partial charge in [0.25, 0.3) is 0 Å². The number of carbonyl (C=O) groups excluding carboxylic acids is 1. The highest BCUT2D eigenvalue weighted by Crippen LogP contribution is 2.52. The highest BCUT2D eigenvalue weighted by atomic mass is 16.8. The fourth-order valence-corrected chi connectivity index (χ4v) is 8.02. The number of fused-ring (bicyclic) bond motifs is 3. The average molecular weight is 523 g/mol. The lowest BCUT2D eigenvalue weighted by Gasteiger charge is -2.40. The first-order chi connectivity index (χ1) is 17.8. The van der Waals surface area contributed by atoms with Crippen molar-refractivity contribution in [1.82, 2.24) is 0 Å². The zero-order valence-corrected chi connectivity index (χ0v) is 22.8. The van der Waals surface area contributed by atoms with Gasteiger partial charge in [-0.1, -0.05) is 40.0 Å². The van der Waals surface area contributed by atoms with E-state index in [1.807, 2.05) is 0 Å². The fraction of sp³-hybridized carbons (Fsp3) is 0.966. The Hall–Kier alpha value is -0.930. The van der Waals surface area contributed by atoms with Crippen LogP contribution in [0.3, 0.4) is 0 Å². The molecule has 0 aromatic heterocycles. The van der Waals surface area contributed by atoms with Crippen molar-refractivity contribution in [2.24, 2.45) is 17.8 Å². The summed E-state index contributed by atoms with van der Waals surface area (Å²) in [6, 6.07) is 0. The zero-order chi connectivity index (χ0) is 25.8. The topological polar surface area (TPSA) is 92.7 Å². The van der Waals surface area contributed by atoms with Crippen molar-refractivity contribution in [3.8, 4) is 0 Å². The summed E-state index contributed by atoms with van der Waals surface area (Å²) >= 11 is 0. The van der Waals surface area contributed by atoms with Crippen molar-refractivity contribution in [3.05, 3.63) is 0 Å². The van der Waals surface area contributed by atoms with Crippen LogP contribution in [0.4, 0.5) is 4.79 Å². The number of aliphatic hydroxyl groups excluding tert-OH is 1. The normalized spacial score (nSPS) is 44.5. The number of rotatable bonds is 3. The van der Waals surface area contributed by atoms with Crippen LogP contribution in [0.2, 0.25) is 0 Å². The van der Waals surface area contributed by atoms with Crippen molar-refractivity contribution >= 4 is 6.16 Å². The molecule has 8 heteroatoms. The van der Waals surface area contributed by atoms with Crippen molar-refractivity contribution in [2.75, 3.05) is 0 Å². The third-order valence-corrected chi connectivity index (χ3v) is 10.0. The second-order valence-electron chi connectivity index (χ2n) is 13.1. The molecule has 210 valence electrons. The zero-order valence-electron chi connectivity index (χ0n) is 22.8. The molecule has 2 aliphatic heterocycles. The number of aliphatic hydroxyl groups is 1. The van der Waals surface area contributed by atoms with E-state index in [1.165, 1.54) is 0 Å². The van der Waals surface area contributed by atoms with E-state index in [4.69, 9.17) is 28.4 Å². The standard InChI is InChI=1S/C29H46O8/c1-17(2)19-11-10-18(3)16-20(19)32-27(31)33-22-21(30)23-25(36-28(34-23)12-6-4-7-13-28)26-24(22)35-29(37-26)14-8-5-9-15-29/h17-26,30H,4-16H2,1-3H3/t18-,19+,20+,21+,22-,23+,24-,25-,26-/m1/s1. The molecule has 0 aromatic rings. The van der Waals surface area contributed by atoms with Gasteiger partial charge in [-0.2, -0.15) is 0 Å². The van der Waals surface area contributed by atoms with Crippen LogP contribution >= 0.6 is 0 Å². The van der Waals surface area contributed by atoms with E-state index in [0.29, 0.717) is 17.8 Å². The van der Waals surface area contributed by atoms with Gasteiger partial charge in [0.05, 0.1) is 0 Å². The Balaban J connectivity index is 1.22. The lowest BCUT2D eigenvalue weighted by molar-refractivity contribution is -0.225. The Morgan fingerprint density at radius 2 is 1.32 bits per heavy atom. The molecule has 6 fully saturated rings. The summed E-state index contributed by atoms with van der Waals surface area (Å²) in [6.07, 6.45) is 7.64. The van der Waals surface area contributed by atoms with Crippen LogP contribution in [0.5, 0.6) is 0 Å². The van der Waals surface area contributed by atoms with E-state index in [0.717, 1.165) is 83.5 Å². The lowest BCUT2D eigenvalue weighted by atomic mass is 9.75. The maximum absolute atomic E-state index is 13.2. The number of ether oxygens (including phenoxy) is 6. The van der Waals surface area contributed by atoms with E-state index < -0.39 is 54.4 Å². The molecule has 6 aliphatic rings. The summed E-state index contributed by atoms with van der Waals surface area (Å²) in [5.74, 6) is -0.161. The van der Waals surface area contributed by atoms with E-state index in [2.05, 4.69) is 20.8 Å². The maximum Gasteiger partial charge on any atom is 0.509 e. The van der Waals surface area contributed by atoms with E-state index in [-0.39, 0.29) is 6.10 Å². The third-order valence-electron chi connectivity index (χ3n) is 10.0. The smallest absolute Gasteiger partial charge is 0.431 e. The molecule has 0 aromatic carbocycles. The van der Waals surface area contributed by atoms with Gasteiger partial charge in [0.15, 0.2) is 17.7 Å². The van der Waals surface area contributed by atoms with Gasteiger partial charge in [0.2, 0.25) is 0 Å². The number of hydrogen-bond donors (Lipinski definition) is 1. The second-order valence-corrected chi connectivity index (χ2v) is 13.1. The first-order valence-electron chi connectivity index (χ1n) is 15.0. The summed E-state index contributed by atoms with van der Waals surface area (Å²) in [5, 5.41) is 11.6. The third kappa shape index (κ3) is 4.94. The molecular weight excluding hydrogens is 476 g/mol. The van der Waals surface area contributed by atoms with E-state index in [1.54, 1.807) is 0 Å². The predicted octanol–water partition coefficient (Wildman–Crippen LogP) is 5.23. The molecule has 37 heavy (non-hydrogen) atoms.